The Kier molecular flexibility index (Phi) is 4.47. The minimum Gasteiger partial charge on any atom is -0.339 e. The molecule has 106 valence electrons. The standard InChI is InChI=1S/C14H18N4O2/c1-10-4-6-11(7-5-10)14-15-13(20-17-14)9-8-12(19)16-18(2)3/h4-7H,8-9H2,1-3H3,(H,16,19). The lowest BCUT2D eigenvalue weighted by Gasteiger charge is -2.10. The summed E-state index contributed by atoms with van der Waals surface area (Å²) >= 11 is 0. The molecular formula is C14H18N4O2. The van der Waals surface area contributed by atoms with E-state index in [1.165, 1.54) is 5.56 Å². The van der Waals surface area contributed by atoms with Crippen LogP contribution >= 0.6 is 0 Å². The van der Waals surface area contributed by atoms with Gasteiger partial charge in [0.15, 0.2) is 0 Å². The maximum absolute atomic E-state index is 11.5. The molecule has 1 aromatic heterocycles. The summed E-state index contributed by atoms with van der Waals surface area (Å²) in [7, 11) is 3.53. The fraction of sp³-hybridized carbons (Fsp3) is 0.357. The van der Waals surface area contributed by atoms with Gasteiger partial charge in [-0.05, 0) is 6.92 Å². The summed E-state index contributed by atoms with van der Waals surface area (Å²) in [5, 5.41) is 5.53. The third-order valence-corrected chi connectivity index (χ3v) is 2.69. The van der Waals surface area contributed by atoms with E-state index in [0.717, 1.165) is 5.56 Å². The predicted octanol–water partition coefficient (Wildman–Crippen LogP) is 1.57. The van der Waals surface area contributed by atoms with E-state index >= 15 is 0 Å². The van der Waals surface area contributed by atoms with Crippen LogP contribution in [0, 0.1) is 6.92 Å². The van der Waals surface area contributed by atoms with Gasteiger partial charge in [-0.15, -0.1) is 0 Å². The highest BCUT2D eigenvalue weighted by molar-refractivity contribution is 5.75. The molecule has 2 aromatic rings. The molecule has 1 aromatic carbocycles. The zero-order valence-corrected chi connectivity index (χ0v) is 11.9. The van der Waals surface area contributed by atoms with Gasteiger partial charge in [-0.2, -0.15) is 4.98 Å². The van der Waals surface area contributed by atoms with Gasteiger partial charge in [0.05, 0.1) is 0 Å². The van der Waals surface area contributed by atoms with Gasteiger partial charge in [-0.1, -0.05) is 35.0 Å². The van der Waals surface area contributed by atoms with E-state index in [2.05, 4.69) is 15.6 Å². The van der Waals surface area contributed by atoms with Gasteiger partial charge < -0.3 is 4.52 Å². The summed E-state index contributed by atoms with van der Waals surface area (Å²) in [6.45, 7) is 2.02. The third kappa shape index (κ3) is 3.89. The zero-order chi connectivity index (χ0) is 14.5. The molecule has 0 atom stereocenters. The van der Waals surface area contributed by atoms with E-state index in [4.69, 9.17) is 4.52 Å². The van der Waals surface area contributed by atoms with Crippen molar-refractivity contribution in [3.05, 3.63) is 35.7 Å². The number of nitrogens with one attached hydrogen (secondary N) is 1. The van der Waals surface area contributed by atoms with Crippen LogP contribution in [0.4, 0.5) is 0 Å². The highest BCUT2D eigenvalue weighted by atomic mass is 16.5. The number of rotatable bonds is 5. The predicted molar refractivity (Wildman–Crippen MR) is 74.6 cm³/mol. The molecule has 0 saturated heterocycles. The molecule has 1 heterocycles. The molecule has 0 radical (unpaired) electrons. The summed E-state index contributed by atoms with van der Waals surface area (Å²) in [6, 6.07) is 7.89. The van der Waals surface area contributed by atoms with Gasteiger partial charge in [-0.3, -0.25) is 10.2 Å². The lowest BCUT2D eigenvalue weighted by atomic mass is 10.1. The first-order chi connectivity index (χ1) is 9.54. The van der Waals surface area contributed by atoms with E-state index in [9.17, 15) is 4.79 Å². The molecule has 0 fully saturated rings. The number of hydrazine groups is 1. The summed E-state index contributed by atoms with van der Waals surface area (Å²) in [6.07, 6.45) is 0.742. The normalized spacial score (nSPS) is 10.8. The Morgan fingerprint density at radius 2 is 2.00 bits per heavy atom. The SMILES string of the molecule is Cc1ccc(-c2noc(CCC(=O)NN(C)C)n2)cc1. The van der Waals surface area contributed by atoms with Crippen LogP contribution < -0.4 is 5.43 Å². The molecule has 6 heteroatoms. The van der Waals surface area contributed by atoms with E-state index in [0.29, 0.717) is 24.6 Å². The monoisotopic (exact) mass is 274 g/mol. The number of aromatic nitrogens is 2. The number of aryl methyl sites for hydroxylation is 2. The molecule has 0 unspecified atom stereocenters. The van der Waals surface area contributed by atoms with Gasteiger partial charge in [-0.25, -0.2) is 5.01 Å². The van der Waals surface area contributed by atoms with Gasteiger partial charge in [0.25, 0.3) is 0 Å². The Morgan fingerprint density at radius 3 is 2.65 bits per heavy atom. The van der Waals surface area contributed by atoms with Crippen LogP contribution in [0.3, 0.4) is 0 Å². The maximum Gasteiger partial charge on any atom is 0.234 e. The summed E-state index contributed by atoms with van der Waals surface area (Å²) in [4.78, 5) is 15.8. The average Bonchev–Trinajstić information content (AvgIpc) is 2.85. The number of carbonyl (C=O) groups is 1. The molecule has 0 bridgehead atoms. The second-order valence-corrected chi connectivity index (χ2v) is 4.81. The van der Waals surface area contributed by atoms with E-state index in [1.807, 2.05) is 31.2 Å². The second-order valence-electron chi connectivity index (χ2n) is 4.81. The summed E-state index contributed by atoms with van der Waals surface area (Å²) in [5.41, 5.74) is 4.75. The van der Waals surface area contributed by atoms with Gasteiger partial charge in [0, 0.05) is 32.5 Å². The van der Waals surface area contributed by atoms with Crippen LogP contribution in [0.25, 0.3) is 11.4 Å². The Labute approximate surface area is 117 Å². The van der Waals surface area contributed by atoms with Crippen molar-refractivity contribution in [1.29, 1.82) is 0 Å². The van der Waals surface area contributed by atoms with Crippen molar-refractivity contribution in [1.82, 2.24) is 20.6 Å². The van der Waals surface area contributed by atoms with E-state index < -0.39 is 0 Å². The molecule has 0 aliphatic carbocycles. The second kappa shape index (κ2) is 6.29. The average molecular weight is 274 g/mol. The van der Waals surface area contributed by atoms with Gasteiger partial charge >= 0.3 is 0 Å². The number of amides is 1. The molecule has 2 rings (SSSR count). The Bertz CT molecular complexity index is 575. The highest BCUT2D eigenvalue weighted by Crippen LogP contribution is 2.16. The molecule has 1 N–H and O–H groups in total. The van der Waals surface area contributed by atoms with Crippen LogP contribution in [0.15, 0.2) is 28.8 Å². The van der Waals surface area contributed by atoms with Crippen molar-refractivity contribution in [2.24, 2.45) is 0 Å². The van der Waals surface area contributed by atoms with Gasteiger partial charge in [0.2, 0.25) is 17.6 Å². The summed E-state index contributed by atoms with van der Waals surface area (Å²) in [5.74, 6) is 0.938. The smallest absolute Gasteiger partial charge is 0.234 e. The van der Waals surface area contributed by atoms with E-state index in [1.54, 1.807) is 19.1 Å². The van der Waals surface area contributed by atoms with Crippen LogP contribution in [0.1, 0.15) is 17.9 Å². The van der Waals surface area contributed by atoms with Crippen LogP contribution in [0.2, 0.25) is 0 Å². The summed E-state index contributed by atoms with van der Waals surface area (Å²) < 4.78 is 5.15. The first-order valence-corrected chi connectivity index (χ1v) is 6.41. The number of hydrogen-bond acceptors (Lipinski definition) is 5. The van der Waals surface area contributed by atoms with Crippen molar-refractivity contribution in [3.63, 3.8) is 0 Å². The first-order valence-electron chi connectivity index (χ1n) is 6.41. The Hall–Kier alpha value is -2.21. The van der Waals surface area contributed by atoms with Crippen molar-refractivity contribution < 1.29 is 9.32 Å². The van der Waals surface area contributed by atoms with Crippen molar-refractivity contribution in [2.45, 2.75) is 19.8 Å². The largest absolute Gasteiger partial charge is 0.339 e. The highest BCUT2D eigenvalue weighted by Gasteiger charge is 2.10. The first kappa shape index (κ1) is 14.2. The Balaban J connectivity index is 1.95. The van der Waals surface area contributed by atoms with Crippen LogP contribution in [0.5, 0.6) is 0 Å². The topological polar surface area (TPSA) is 71.3 Å². The maximum atomic E-state index is 11.5. The molecule has 0 aliphatic heterocycles. The lowest BCUT2D eigenvalue weighted by Crippen LogP contribution is -2.36. The molecular weight excluding hydrogens is 256 g/mol. The fourth-order valence-electron chi connectivity index (χ4n) is 1.70. The minimum atomic E-state index is -0.0786. The molecule has 0 spiro atoms. The van der Waals surface area contributed by atoms with Gasteiger partial charge in [0.1, 0.15) is 0 Å². The zero-order valence-electron chi connectivity index (χ0n) is 11.9. The van der Waals surface area contributed by atoms with Crippen molar-refractivity contribution in [2.75, 3.05) is 14.1 Å². The quantitative estimate of drug-likeness (QED) is 0.838. The van der Waals surface area contributed by atoms with Crippen LogP contribution in [-0.4, -0.2) is 35.2 Å². The molecule has 0 saturated carbocycles. The lowest BCUT2D eigenvalue weighted by molar-refractivity contribution is -0.124. The molecule has 20 heavy (non-hydrogen) atoms. The minimum absolute atomic E-state index is 0.0786. The molecule has 1 amide bonds. The van der Waals surface area contributed by atoms with Crippen molar-refractivity contribution in [3.8, 4) is 11.4 Å². The number of hydrogen-bond donors (Lipinski definition) is 1. The molecule has 0 aliphatic rings. The number of carbonyl (C=O) groups excluding carboxylic acids is 1. The number of nitrogens with zero attached hydrogens (tertiary/aromatic N) is 3. The third-order valence-electron chi connectivity index (χ3n) is 2.69. The van der Waals surface area contributed by atoms with Crippen molar-refractivity contribution >= 4 is 5.91 Å². The van der Waals surface area contributed by atoms with E-state index in [-0.39, 0.29) is 5.91 Å². The Morgan fingerprint density at radius 1 is 1.30 bits per heavy atom. The number of benzene rings is 1. The van der Waals surface area contributed by atoms with Crippen LogP contribution in [-0.2, 0) is 11.2 Å². The molecule has 6 nitrogen and oxygen atoms in total. The fourth-order valence-corrected chi connectivity index (χ4v) is 1.70.